The molecule has 2 N–H and O–H groups in total. The summed E-state index contributed by atoms with van der Waals surface area (Å²) in [7, 11) is 0. The van der Waals surface area contributed by atoms with E-state index >= 15 is 0 Å². The summed E-state index contributed by atoms with van der Waals surface area (Å²) < 4.78 is 5.93. The van der Waals surface area contributed by atoms with Crippen LogP contribution >= 0.6 is 34.4 Å². The van der Waals surface area contributed by atoms with Gasteiger partial charge in [-0.2, -0.15) is 5.26 Å². The van der Waals surface area contributed by atoms with E-state index in [1.807, 2.05) is 12.1 Å². The Balaban J connectivity index is 2.15. The third-order valence-electron chi connectivity index (χ3n) is 3.54. The van der Waals surface area contributed by atoms with E-state index in [2.05, 4.69) is 33.2 Å². The van der Waals surface area contributed by atoms with E-state index in [1.165, 1.54) is 0 Å². The van der Waals surface area contributed by atoms with Crippen molar-refractivity contribution in [2.45, 2.75) is 6.92 Å². The Hall–Kier alpha value is -3.10. The molecule has 0 saturated heterocycles. The number of anilines is 2. The van der Waals surface area contributed by atoms with Crippen LogP contribution in [0.5, 0.6) is 0 Å². The molecule has 0 aliphatic heterocycles. The lowest BCUT2D eigenvalue weighted by Crippen LogP contribution is -2.13. The molecule has 0 radical (unpaired) electrons. The van der Waals surface area contributed by atoms with Crippen molar-refractivity contribution >= 4 is 62.7 Å². The van der Waals surface area contributed by atoms with Gasteiger partial charge in [0.05, 0.1) is 6.61 Å². The van der Waals surface area contributed by atoms with Crippen molar-refractivity contribution < 1.29 is 19.1 Å². The predicted octanol–water partition coefficient (Wildman–Crippen LogP) is 4.46. The summed E-state index contributed by atoms with van der Waals surface area (Å²) in [5.74, 6) is -1.33. The van der Waals surface area contributed by atoms with Gasteiger partial charge in [-0.05, 0) is 83.8 Å². The van der Waals surface area contributed by atoms with Crippen molar-refractivity contribution in [3.05, 3.63) is 80.9 Å². The Labute approximate surface area is 197 Å². The number of amides is 1. The molecule has 2 rings (SSSR count). The lowest BCUT2D eigenvalue weighted by atomic mass is 10.3. The molecular formula is C22H18IN3O4S. The quantitative estimate of drug-likeness (QED) is 0.218. The van der Waals surface area contributed by atoms with E-state index < -0.39 is 17.0 Å². The lowest BCUT2D eigenvalue weighted by molar-refractivity contribution is -0.138. The van der Waals surface area contributed by atoms with Crippen LogP contribution in [0, 0.1) is 14.9 Å². The highest BCUT2D eigenvalue weighted by Gasteiger charge is 2.20. The van der Waals surface area contributed by atoms with Crippen molar-refractivity contribution in [2.75, 3.05) is 17.2 Å². The molecule has 2 aromatic rings. The summed E-state index contributed by atoms with van der Waals surface area (Å²) in [6, 6.07) is 17.7. The zero-order valence-corrected chi connectivity index (χ0v) is 19.4. The Morgan fingerprint density at radius 3 is 2.29 bits per heavy atom. The van der Waals surface area contributed by atoms with Gasteiger partial charge in [0.25, 0.3) is 0 Å². The number of para-hydroxylation sites is 1. The molecule has 158 valence electrons. The fraction of sp³-hybridized carbons (Fsp3) is 0.0909. The number of nitrogens with zero attached hydrogens (tertiary/aromatic N) is 1. The van der Waals surface area contributed by atoms with Gasteiger partial charge in [0.1, 0.15) is 11.1 Å². The number of nitriles is 1. The van der Waals surface area contributed by atoms with E-state index in [-0.39, 0.29) is 17.2 Å². The molecule has 0 unspecified atom stereocenters. The van der Waals surface area contributed by atoms with Gasteiger partial charge in [0.2, 0.25) is 11.0 Å². The molecule has 9 heteroatoms. The van der Waals surface area contributed by atoms with E-state index in [4.69, 9.17) is 4.74 Å². The standard InChI is InChI=1S/C22H18IN3O4S/c1-2-30-22(29)18(14-24)21(26-16-6-4-3-5-7-16)31-20(28)13-12-19(27)25-17-10-8-15(23)9-11-17/h3-13,26H,2H2,1H3,(H,25,27)/b13-12+,21-18+. The summed E-state index contributed by atoms with van der Waals surface area (Å²) in [4.78, 5) is 36.6. The van der Waals surface area contributed by atoms with Crippen molar-refractivity contribution in [3.8, 4) is 6.07 Å². The van der Waals surface area contributed by atoms with Gasteiger partial charge in [-0.15, -0.1) is 0 Å². The van der Waals surface area contributed by atoms with Crippen molar-refractivity contribution in [3.63, 3.8) is 0 Å². The summed E-state index contributed by atoms with van der Waals surface area (Å²) in [6.45, 7) is 1.70. The number of carbonyl (C=O) groups excluding carboxylic acids is 3. The van der Waals surface area contributed by atoms with Gasteiger partial charge in [0, 0.05) is 21.0 Å². The highest BCUT2D eigenvalue weighted by molar-refractivity contribution is 14.1. The Morgan fingerprint density at radius 2 is 1.68 bits per heavy atom. The van der Waals surface area contributed by atoms with Crippen LogP contribution < -0.4 is 10.6 Å². The first kappa shape index (κ1) is 24.2. The molecule has 0 spiro atoms. The van der Waals surface area contributed by atoms with Crippen LogP contribution in [0.2, 0.25) is 0 Å². The lowest BCUT2D eigenvalue weighted by Gasteiger charge is -2.11. The second-order valence-corrected chi connectivity index (χ2v) is 8.04. The zero-order chi connectivity index (χ0) is 22.6. The number of benzene rings is 2. The van der Waals surface area contributed by atoms with Gasteiger partial charge < -0.3 is 15.4 Å². The monoisotopic (exact) mass is 547 g/mol. The second-order valence-electron chi connectivity index (χ2n) is 5.78. The molecule has 31 heavy (non-hydrogen) atoms. The van der Waals surface area contributed by atoms with Crippen molar-refractivity contribution in [1.29, 1.82) is 5.26 Å². The fourth-order valence-corrected chi connectivity index (χ4v) is 3.28. The second kappa shape index (κ2) is 12.6. The number of rotatable bonds is 8. The van der Waals surface area contributed by atoms with Crippen LogP contribution in [-0.4, -0.2) is 23.6 Å². The number of hydrogen-bond acceptors (Lipinski definition) is 7. The molecule has 0 bridgehead atoms. The minimum atomic E-state index is -0.843. The topological polar surface area (TPSA) is 108 Å². The molecule has 0 aliphatic rings. The predicted molar refractivity (Wildman–Crippen MR) is 129 cm³/mol. The van der Waals surface area contributed by atoms with Gasteiger partial charge >= 0.3 is 5.97 Å². The van der Waals surface area contributed by atoms with Crippen molar-refractivity contribution in [1.82, 2.24) is 0 Å². The molecule has 0 aromatic heterocycles. The normalized spacial score (nSPS) is 11.3. The number of esters is 1. The molecule has 7 nitrogen and oxygen atoms in total. The smallest absolute Gasteiger partial charge is 0.351 e. The van der Waals surface area contributed by atoms with Crippen LogP contribution in [0.3, 0.4) is 0 Å². The first-order chi connectivity index (χ1) is 14.9. The van der Waals surface area contributed by atoms with Gasteiger partial charge in [-0.1, -0.05) is 18.2 Å². The summed E-state index contributed by atoms with van der Waals surface area (Å²) >= 11 is 2.77. The minimum absolute atomic E-state index is 0.0137. The van der Waals surface area contributed by atoms with Crippen LogP contribution in [0.25, 0.3) is 0 Å². The average Bonchev–Trinajstić information content (AvgIpc) is 2.75. The van der Waals surface area contributed by atoms with E-state index in [9.17, 15) is 19.6 Å². The molecule has 0 heterocycles. The van der Waals surface area contributed by atoms with Crippen molar-refractivity contribution in [2.24, 2.45) is 0 Å². The Bertz CT molecular complexity index is 1040. The molecule has 0 aliphatic carbocycles. The highest BCUT2D eigenvalue weighted by atomic mass is 127. The number of thioether (sulfide) groups is 1. The van der Waals surface area contributed by atoms with E-state index in [0.717, 1.165) is 15.7 Å². The first-order valence-electron chi connectivity index (χ1n) is 9.03. The van der Waals surface area contributed by atoms with Crippen LogP contribution in [0.4, 0.5) is 11.4 Å². The number of halogens is 1. The first-order valence-corrected chi connectivity index (χ1v) is 10.9. The fourth-order valence-electron chi connectivity index (χ4n) is 2.18. The van der Waals surface area contributed by atoms with Gasteiger partial charge in [0.15, 0.2) is 5.57 Å². The largest absolute Gasteiger partial charge is 0.462 e. The molecule has 0 fully saturated rings. The average molecular weight is 547 g/mol. The molecule has 2 aromatic carbocycles. The number of carbonyl (C=O) groups is 3. The highest BCUT2D eigenvalue weighted by Crippen LogP contribution is 2.24. The maximum absolute atomic E-state index is 12.4. The van der Waals surface area contributed by atoms with E-state index in [0.29, 0.717) is 23.1 Å². The molecular weight excluding hydrogens is 529 g/mol. The van der Waals surface area contributed by atoms with Gasteiger partial charge in [-0.25, -0.2) is 4.79 Å². The molecule has 0 saturated carbocycles. The molecule has 0 atom stereocenters. The third-order valence-corrected chi connectivity index (χ3v) is 5.10. The molecule has 1 amide bonds. The maximum Gasteiger partial charge on any atom is 0.351 e. The Morgan fingerprint density at radius 1 is 1.03 bits per heavy atom. The number of ether oxygens (including phenoxy) is 1. The van der Waals surface area contributed by atoms with Crippen LogP contribution in [0.1, 0.15) is 6.92 Å². The summed E-state index contributed by atoms with van der Waals surface area (Å²) in [6.07, 6.45) is 2.16. The van der Waals surface area contributed by atoms with Crippen LogP contribution in [0.15, 0.2) is 77.4 Å². The zero-order valence-electron chi connectivity index (χ0n) is 16.4. The SMILES string of the molecule is CCOC(=O)/C(C#N)=C(\Nc1ccccc1)SC(=O)/C=C/C(=O)Nc1ccc(I)cc1. The summed E-state index contributed by atoms with van der Waals surface area (Å²) in [5.41, 5.74) is 0.839. The van der Waals surface area contributed by atoms with Crippen LogP contribution in [-0.2, 0) is 19.1 Å². The van der Waals surface area contributed by atoms with Gasteiger partial charge in [-0.3, -0.25) is 9.59 Å². The third kappa shape index (κ3) is 8.27. The minimum Gasteiger partial charge on any atom is -0.462 e. The van der Waals surface area contributed by atoms with E-state index in [1.54, 1.807) is 55.5 Å². The maximum atomic E-state index is 12.4. The summed E-state index contributed by atoms with van der Waals surface area (Å²) in [5, 5.41) is 14.4. The Kier molecular flexibility index (Phi) is 9.80. The number of nitrogens with one attached hydrogen (secondary N) is 2. The number of hydrogen-bond donors (Lipinski definition) is 2.